The van der Waals surface area contributed by atoms with E-state index in [2.05, 4.69) is 22.4 Å². The summed E-state index contributed by atoms with van der Waals surface area (Å²) in [5.74, 6) is 1.20. The molecule has 0 atom stereocenters. The maximum absolute atomic E-state index is 12.5. The first-order chi connectivity index (χ1) is 12.7. The van der Waals surface area contributed by atoms with Gasteiger partial charge in [0.05, 0.1) is 11.1 Å². The quantitative estimate of drug-likeness (QED) is 0.842. The summed E-state index contributed by atoms with van der Waals surface area (Å²) >= 11 is 0. The summed E-state index contributed by atoms with van der Waals surface area (Å²) in [4.78, 5) is 14.9. The molecule has 1 aliphatic carbocycles. The summed E-state index contributed by atoms with van der Waals surface area (Å²) in [6.07, 6.45) is 6.50. The molecule has 4 rings (SSSR count). The Morgan fingerprint density at radius 2 is 2.04 bits per heavy atom. The number of fused-ring (bicyclic) bond motifs is 3. The number of benzene rings is 1. The maximum atomic E-state index is 12.5. The van der Waals surface area contributed by atoms with Gasteiger partial charge in [0.1, 0.15) is 12.4 Å². The molecular weight excluding hydrogens is 366 g/mol. The SMILES string of the molecule is CN(CCNC(=O)c1noc2c1COc1ccccc1-2)C1CCCCC1.Cl. The minimum Gasteiger partial charge on any atom is -0.488 e. The molecule has 1 fully saturated rings. The molecule has 1 aromatic carbocycles. The van der Waals surface area contributed by atoms with Crippen LogP contribution in [0.4, 0.5) is 0 Å². The average molecular weight is 392 g/mol. The van der Waals surface area contributed by atoms with Gasteiger partial charge in [0, 0.05) is 19.1 Å². The van der Waals surface area contributed by atoms with E-state index in [0.29, 0.717) is 30.6 Å². The van der Waals surface area contributed by atoms with Crippen molar-refractivity contribution < 1.29 is 14.1 Å². The summed E-state index contributed by atoms with van der Waals surface area (Å²) in [6.45, 7) is 1.75. The first-order valence-electron chi connectivity index (χ1n) is 9.43. The second-order valence-corrected chi connectivity index (χ2v) is 7.15. The van der Waals surface area contributed by atoms with Gasteiger partial charge < -0.3 is 19.5 Å². The van der Waals surface area contributed by atoms with Crippen LogP contribution >= 0.6 is 12.4 Å². The lowest BCUT2D eigenvalue weighted by Crippen LogP contribution is -2.39. The smallest absolute Gasteiger partial charge is 0.273 e. The Bertz CT molecular complexity index is 787. The zero-order valence-electron chi connectivity index (χ0n) is 15.6. The summed E-state index contributed by atoms with van der Waals surface area (Å²) in [5.41, 5.74) is 1.90. The van der Waals surface area contributed by atoms with Gasteiger partial charge >= 0.3 is 0 Å². The van der Waals surface area contributed by atoms with Crippen LogP contribution in [0.3, 0.4) is 0 Å². The molecule has 2 aromatic rings. The third-order valence-corrected chi connectivity index (χ3v) is 5.46. The van der Waals surface area contributed by atoms with Crippen LogP contribution in [-0.2, 0) is 6.61 Å². The van der Waals surface area contributed by atoms with Crippen molar-refractivity contribution in [2.24, 2.45) is 0 Å². The second-order valence-electron chi connectivity index (χ2n) is 7.15. The normalized spacial score (nSPS) is 16.1. The Balaban J connectivity index is 0.00000210. The Hall–Kier alpha value is -2.05. The molecule has 27 heavy (non-hydrogen) atoms. The minimum atomic E-state index is -0.199. The van der Waals surface area contributed by atoms with Crippen molar-refractivity contribution in [1.29, 1.82) is 0 Å². The van der Waals surface area contributed by atoms with E-state index in [-0.39, 0.29) is 18.3 Å². The summed E-state index contributed by atoms with van der Waals surface area (Å²) in [5, 5.41) is 6.97. The Labute approximate surface area is 165 Å². The number of rotatable bonds is 5. The molecule has 1 aliphatic heterocycles. The van der Waals surface area contributed by atoms with Crippen molar-refractivity contribution in [3.8, 4) is 17.1 Å². The number of carbonyl (C=O) groups is 1. The number of aromatic nitrogens is 1. The number of para-hydroxylation sites is 1. The summed E-state index contributed by atoms with van der Waals surface area (Å²) in [6, 6.07) is 8.28. The largest absolute Gasteiger partial charge is 0.488 e. The number of nitrogens with one attached hydrogen (secondary N) is 1. The highest BCUT2D eigenvalue weighted by atomic mass is 35.5. The average Bonchev–Trinajstić information content (AvgIpc) is 3.13. The number of hydrogen-bond donors (Lipinski definition) is 1. The number of carbonyl (C=O) groups excluding carboxylic acids is 1. The van der Waals surface area contributed by atoms with E-state index in [1.54, 1.807) is 0 Å². The summed E-state index contributed by atoms with van der Waals surface area (Å²) < 4.78 is 11.2. The van der Waals surface area contributed by atoms with Gasteiger partial charge in [-0.1, -0.05) is 36.6 Å². The third-order valence-electron chi connectivity index (χ3n) is 5.46. The predicted octanol–water partition coefficient (Wildman–Crippen LogP) is 3.65. The van der Waals surface area contributed by atoms with E-state index in [0.717, 1.165) is 23.4 Å². The fourth-order valence-corrected chi connectivity index (χ4v) is 3.90. The van der Waals surface area contributed by atoms with E-state index < -0.39 is 0 Å². The molecule has 2 heterocycles. The van der Waals surface area contributed by atoms with Crippen molar-refractivity contribution in [1.82, 2.24) is 15.4 Å². The molecule has 146 valence electrons. The standard InChI is InChI=1S/C20H25N3O3.ClH/c1-23(14-7-3-2-4-8-14)12-11-21-20(24)18-16-13-25-17-10-6-5-9-15(17)19(16)26-22-18;/h5-6,9-10,14H,2-4,7-8,11-13H2,1H3,(H,21,24);1H. The first kappa shape index (κ1) is 19.7. The van der Waals surface area contributed by atoms with Crippen LogP contribution < -0.4 is 10.1 Å². The molecule has 1 saturated carbocycles. The molecule has 0 spiro atoms. The van der Waals surface area contributed by atoms with Crippen molar-refractivity contribution in [3.05, 3.63) is 35.5 Å². The number of ether oxygens (including phenoxy) is 1. The lowest BCUT2D eigenvalue weighted by atomic mass is 9.94. The van der Waals surface area contributed by atoms with Crippen LogP contribution in [0.15, 0.2) is 28.8 Å². The molecule has 0 saturated heterocycles. The van der Waals surface area contributed by atoms with Crippen LogP contribution in [0.5, 0.6) is 5.75 Å². The molecule has 0 radical (unpaired) electrons. The summed E-state index contributed by atoms with van der Waals surface area (Å²) in [7, 11) is 2.14. The van der Waals surface area contributed by atoms with Gasteiger partial charge in [0.15, 0.2) is 11.5 Å². The van der Waals surface area contributed by atoms with E-state index in [9.17, 15) is 4.79 Å². The zero-order valence-corrected chi connectivity index (χ0v) is 16.4. The zero-order chi connectivity index (χ0) is 17.9. The predicted molar refractivity (Wildman–Crippen MR) is 105 cm³/mol. The van der Waals surface area contributed by atoms with E-state index >= 15 is 0 Å². The van der Waals surface area contributed by atoms with Gasteiger partial charge in [0.25, 0.3) is 5.91 Å². The van der Waals surface area contributed by atoms with Gasteiger partial charge in [-0.3, -0.25) is 4.79 Å². The molecule has 0 unspecified atom stereocenters. The fraction of sp³-hybridized carbons (Fsp3) is 0.500. The number of hydrogen-bond acceptors (Lipinski definition) is 5. The fourth-order valence-electron chi connectivity index (χ4n) is 3.90. The van der Waals surface area contributed by atoms with Crippen LogP contribution in [0.25, 0.3) is 11.3 Å². The first-order valence-corrected chi connectivity index (χ1v) is 9.43. The van der Waals surface area contributed by atoms with Gasteiger partial charge in [-0.25, -0.2) is 0 Å². The van der Waals surface area contributed by atoms with Gasteiger partial charge in [-0.15, -0.1) is 12.4 Å². The number of likely N-dealkylation sites (N-methyl/N-ethyl adjacent to an activating group) is 1. The lowest BCUT2D eigenvalue weighted by molar-refractivity contribution is 0.0933. The van der Waals surface area contributed by atoms with Crippen LogP contribution in [0, 0.1) is 0 Å². The highest BCUT2D eigenvalue weighted by molar-refractivity contribution is 5.95. The van der Waals surface area contributed by atoms with E-state index in [1.807, 2.05) is 24.3 Å². The minimum absolute atomic E-state index is 0. The second kappa shape index (κ2) is 8.76. The molecule has 6 nitrogen and oxygen atoms in total. The highest BCUT2D eigenvalue weighted by Gasteiger charge is 2.28. The number of nitrogens with zero attached hydrogens (tertiary/aromatic N) is 2. The van der Waals surface area contributed by atoms with Crippen LogP contribution in [0.2, 0.25) is 0 Å². The lowest BCUT2D eigenvalue weighted by Gasteiger charge is -2.31. The Morgan fingerprint density at radius 3 is 2.85 bits per heavy atom. The van der Waals surface area contributed by atoms with Crippen LogP contribution in [-0.4, -0.2) is 42.1 Å². The Morgan fingerprint density at radius 1 is 1.26 bits per heavy atom. The maximum Gasteiger partial charge on any atom is 0.273 e. The van der Waals surface area contributed by atoms with Crippen LogP contribution in [0.1, 0.15) is 48.2 Å². The number of amides is 1. The number of halogens is 1. The van der Waals surface area contributed by atoms with Crippen molar-refractivity contribution in [3.63, 3.8) is 0 Å². The van der Waals surface area contributed by atoms with E-state index in [1.165, 1.54) is 32.1 Å². The van der Waals surface area contributed by atoms with E-state index in [4.69, 9.17) is 9.26 Å². The van der Waals surface area contributed by atoms with Crippen molar-refractivity contribution in [2.45, 2.75) is 44.8 Å². The molecule has 1 N–H and O–H groups in total. The van der Waals surface area contributed by atoms with Crippen molar-refractivity contribution in [2.75, 3.05) is 20.1 Å². The van der Waals surface area contributed by atoms with Gasteiger partial charge in [0.2, 0.25) is 0 Å². The van der Waals surface area contributed by atoms with Gasteiger partial charge in [-0.2, -0.15) is 0 Å². The third kappa shape index (κ3) is 4.12. The monoisotopic (exact) mass is 391 g/mol. The Kier molecular flexibility index (Phi) is 6.39. The molecule has 0 bridgehead atoms. The molecule has 7 heteroatoms. The topological polar surface area (TPSA) is 67.6 Å². The van der Waals surface area contributed by atoms with Crippen molar-refractivity contribution >= 4 is 18.3 Å². The molecule has 1 amide bonds. The molecule has 2 aliphatic rings. The molecule has 1 aromatic heterocycles. The highest BCUT2D eigenvalue weighted by Crippen LogP contribution is 2.38. The van der Waals surface area contributed by atoms with Gasteiger partial charge in [-0.05, 0) is 32.0 Å². The molecular formula is C20H26ClN3O3.